The molecule has 4 fully saturated rings. The van der Waals surface area contributed by atoms with Crippen LogP contribution in [-0.4, -0.2) is 45.7 Å². The lowest BCUT2D eigenvalue weighted by Gasteiger charge is -2.46. The van der Waals surface area contributed by atoms with Crippen molar-refractivity contribution in [1.29, 1.82) is 0 Å². The molecule has 4 nitrogen and oxygen atoms in total. The third-order valence-corrected chi connectivity index (χ3v) is 8.98. The third-order valence-electron chi connectivity index (χ3n) is 8.98. The summed E-state index contributed by atoms with van der Waals surface area (Å²) in [7, 11) is 0. The fourth-order valence-corrected chi connectivity index (χ4v) is 7.53. The number of nitrogens with zero attached hydrogens (tertiary/aromatic N) is 3. The molecule has 1 saturated carbocycles. The average molecular weight is 407 g/mol. The highest BCUT2D eigenvalue weighted by Gasteiger charge is 2.45. The van der Waals surface area contributed by atoms with E-state index < -0.39 is 0 Å². The molecule has 0 spiro atoms. The number of nitrogens with one attached hydrogen (secondary N) is 1. The molecule has 4 heteroatoms. The van der Waals surface area contributed by atoms with E-state index in [9.17, 15) is 0 Å². The Kier molecular flexibility index (Phi) is 5.11. The van der Waals surface area contributed by atoms with E-state index in [1.807, 2.05) is 0 Å². The van der Waals surface area contributed by atoms with Gasteiger partial charge in [0.1, 0.15) is 5.82 Å². The van der Waals surface area contributed by atoms with Gasteiger partial charge < -0.3 is 9.88 Å². The summed E-state index contributed by atoms with van der Waals surface area (Å²) in [5, 5.41) is 3.57. The fraction of sp³-hybridized carbons (Fsp3) is 0.731. The Balaban J connectivity index is 1.29. The predicted molar refractivity (Wildman–Crippen MR) is 123 cm³/mol. The van der Waals surface area contributed by atoms with Gasteiger partial charge in [0.2, 0.25) is 0 Å². The normalized spacial score (nSPS) is 34.0. The van der Waals surface area contributed by atoms with E-state index in [0.717, 1.165) is 37.1 Å². The molecule has 1 N–H and O–H groups in total. The van der Waals surface area contributed by atoms with E-state index in [2.05, 4.69) is 46.0 Å². The minimum atomic E-state index is 0.578. The summed E-state index contributed by atoms with van der Waals surface area (Å²) >= 11 is 0. The molecule has 0 radical (unpaired) electrons. The summed E-state index contributed by atoms with van der Waals surface area (Å²) in [5.74, 6) is 2.88. The van der Waals surface area contributed by atoms with Crippen LogP contribution in [0.3, 0.4) is 0 Å². The van der Waals surface area contributed by atoms with Gasteiger partial charge in [-0.15, -0.1) is 0 Å². The van der Waals surface area contributed by atoms with Crippen molar-refractivity contribution >= 4 is 11.0 Å². The maximum absolute atomic E-state index is 5.18. The molecule has 1 aliphatic carbocycles. The Bertz CT molecular complexity index is 862. The number of aromatic nitrogens is 2. The summed E-state index contributed by atoms with van der Waals surface area (Å²) in [4.78, 5) is 8.17. The number of hydrogen-bond acceptors (Lipinski definition) is 3. The van der Waals surface area contributed by atoms with Gasteiger partial charge in [0, 0.05) is 36.6 Å². The lowest BCUT2D eigenvalue weighted by molar-refractivity contribution is 0.0334. The minimum Gasteiger partial charge on any atom is -0.324 e. The first-order chi connectivity index (χ1) is 14.8. The topological polar surface area (TPSA) is 33.1 Å². The molecule has 4 aliphatic rings. The van der Waals surface area contributed by atoms with Gasteiger partial charge in [0.25, 0.3) is 0 Å². The van der Waals surface area contributed by atoms with Crippen LogP contribution >= 0.6 is 0 Å². The number of fused-ring (bicyclic) bond motifs is 3. The van der Waals surface area contributed by atoms with Crippen LogP contribution < -0.4 is 5.32 Å². The molecule has 4 atom stereocenters. The Morgan fingerprint density at radius 1 is 0.933 bits per heavy atom. The zero-order chi connectivity index (χ0) is 20.1. The van der Waals surface area contributed by atoms with E-state index in [4.69, 9.17) is 4.98 Å². The Labute approximate surface area is 181 Å². The average Bonchev–Trinajstić information content (AvgIpc) is 3.50. The van der Waals surface area contributed by atoms with Crippen LogP contribution in [0.15, 0.2) is 24.3 Å². The van der Waals surface area contributed by atoms with Crippen molar-refractivity contribution in [1.82, 2.24) is 19.8 Å². The molecular formula is C26H38N4. The van der Waals surface area contributed by atoms with Crippen LogP contribution in [0, 0.1) is 5.92 Å². The number of hydrogen-bond donors (Lipinski definition) is 1. The van der Waals surface area contributed by atoms with Crippen molar-refractivity contribution in [2.75, 3.05) is 13.1 Å². The highest BCUT2D eigenvalue weighted by Crippen LogP contribution is 2.46. The number of imidazole rings is 1. The SMILES string of the molecule is CC(C1CCCCC1)N1C2CCC1CC(n1c(C3CCNC3)nc3ccccc31)C2. The van der Waals surface area contributed by atoms with E-state index >= 15 is 0 Å². The van der Waals surface area contributed by atoms with E-state index in [0.29, 0.717) is 12.0 Å². The Morgan fingerprint density at radius 3 is 2.43 bits per heavy atom. The van der Waals surface area contributed by atoms with Crippen molar-refractivity contribution in [3.63, 3.8) is 0 Å². The van der Waals surface area contributed by atoms with Gasteiger partial charge in [-0.1, -0.05) is 31.4 Å². The number of para-hydroxylation sites is 2. The van der Waals surface area contributed by atoms with Crippen LogP contribution in [0.4, 0.5) is 0 Å². The molecule has 162 valence electrons. The van der Waals surface area contributed by atoms with Crippen molar-refractivity contribution < 1.29 is 0 Å². The smallest absolute Gasteiger partial charge is 0.114 e. The molecule has 2 bridgehead atoms. The quantitative estimate of drug-likeness (QED) is 0.753. The van der Waals surface area contributed by atoms with Crippen molar-refractivity contribution in [3.05, 3.63) is 30.1 Å². The zero-order valence-electron chi connectivity index (χ0n) is 18.6. The lowest BCUT2D eigenvalue weighted by atomic mass is 9.82. The van der Waals surface area contributed by atoms with Gasteiger partial charge in [-0.25, -0.2) is 4.98 Å². The number of benzene rings is 1. The van der Waals surface area contributed by atoms with E-state index in [-0.39, 0.29) is 0 Å². The molecule has 4 unspecified atom stereocenters. The first kappa shape index (κ1) is 19.3. The molecule has 3 saturated heterocycles. The molecular weight excluding hydrogens is 368 g/mol. The largest absolute Gasteiger partial charge is 0.324 e. The predicted octanol–water partition coefficient (Wildman–Crippen LogP) is 5.25. The summed E-state index contributed by atoms with van der Waals surface area (Å²) in [6, 6.07) is 11.8. The van der Waals surface area contributed by atoms with Crippen LogP contribution in [-0.2, 0) is 0 Å². The molecule has 30 heavy (non-hydrogen) atoms. The lowest BCUT2D eigenvalue weighted by Crippen LogP contribution is -2.51. The maximum atomic E-state index is 5.18. The van der Waals surface area contributed by atoms with Gasteiger partial charge in [-0.3, -0.25) is 4.90 Å². The minimum absolute atomic E-state index is 0.578. The van der Waals surface area contributed by atoms with Crippen LogP contribution in [0.25, 0.3) is 11.0 Å². The molecule has 1 aromatic heterocycles. The highest BCUT2D eigenvalue weighted by molar-refractivity contribution is 5.76. The first-order valence-electron chi connectivity index (χ1n) is 12.7. The second-order valence-electron chi connectivity index (χ2n) is 10.6. The molecule has 0 amide bonds. The summed E-state index contributed by atoms with van der Waals surface area (Å²) < 4.78 is 2.70. The number of rotatable bonds is 4. The molecule has 1 aromatic carbocycles. The second kappa shape index (κ2) is 7.94. The number of piperidine rings is 1. The molecule has 4 heterocycles. The summed E-state index contributed by atoms with van der Waals surface area (Å²) in [6.07, 6.45) is 14.0. The summed E-state index contributed by atoms with van der Waals surface area (Å²) in [6.45, 7) is 4.79. The second-order valence-corrected chi connectivity index (χ2v) is 10.6. The monoisotopic (exact) mass is 406 g/mol. The van der Waals surface area contributed by atoms with Crippen LogP contribution in [0.1, 0.15) is 88.9 Å². The van der Waals surface area contributed by atoms with Gasteiger partial charge in [-0.2, -0.15) is 0 Å². The standard InChI is InChI=1S/C26H38N4/c1-18(19-7-3-2-4-8-19)29-21-11-12-22(29)16-23(15-21)30-25-10-6-5-9-24(25)28-26(30)20-13-14-27-17-20/h5-6,9-10,18-23,27H,2-4,7-8,11-17H2,1H3. The van der Waals surface area contributed by atoms with Crippen molar-refractivity contribution in [2.24, 2.45) is 5.92 Å². The van der Waals surface area contributed by atoms with Gasteiger partial charge in [0.15, 0.2) is 0 Å². The first-order valence-corrected chi connectivity index (χ1v) is 12.7. The Hall–Kier alpha value is -1.39. The van der Waals surface area contributed by atoms with E-state index in [1.165, 1.54) is 81.1 Å². The maximum Gasteiger partial charge on any atom is 0.114 e. The highest BCUT2D eigenvalue weighted by atomic mass is 15.3. The van der Waals surface area contributed by atoms with Crippen LogP contribution in [0.5, 0.6) is 0 Å². The van der Waals surface area contributed by atoms with Gasteiger partial charge >= 0.3 is 0 Å². The third kappa shape index (κ3) is 3.22. The van der Waals surface area contributed by atoms with Crippen molar-refractivity contribution in [2.45, 2.75) is 101 Å². The molecule has 3 aliphatic heterocycles. The molecule has 6 rings (SSSR count). The zero-order valence-corrected chi connectivity index (χ0v) is 18.6. The fourth-order valence-electron chi connectivity index (χ4n) is 7.53. The molecule has 2 aromatic rings. The van der Waals surface area contributed by atoms with Crippen molar-refractivity contribution in [3.8, 4) is 0 Å². The van der Waals surface area contributed by atoms with Gasteiger partial charge in [-0.05, 0) is 76.5 Å². The van der Waals surface area contributed by atoms with Gasteiger partial charge in [0.05, 0.1) is 11.0 Å². The Morgan fingerprint density at radius 2 is 1.70 bits per heavy atom. The summed E-state index contributed by atoms with van der Waals surface area (Å²) in [5.41, 5.74) is 2.57. The van der Waals surface area contributed by atoms with Crippen LogP contribution in [0.2, 0.25) is 0 Å². The van der Waals surface area contributed by atoms with E-state index in [1.54, 1.807) is 0 Å².